The number of carbonyl (C=O) groups excluding carboxylic acids is 1. The summed E-state index contributed by atoms with van der Waals surface area (Å²) in [4.78, 5) is 12.9. The van der Waals surface area contributed by atoms with Gasteiger partial charge < -0.3 is 10.1 Å². The standard InChI is InChI=1S/C19H18ClNO2S/c1-12-5-3-7-14(11-12)23-10-9-21-19(22)18-17(20)16-13(2)6-4-8-15(16)24-18/h3-8,11H,9-10H2,1-2H3,(H,21,22). The molecule has 0 bridgehead atoms. The van der Waals surface area contributed by atoms with E-state index in [1.54, 1.807) is 0 Å². The molecule has 0 saturated carbocycles. The van der Waals surface area contributed by atoms with Gasteiger partial charge in [-0.15, -0.1) is 11.3 Å². The van der Waals surface area contributed by atoms with E-state index in [1.807, 2.05) is 56.3 Å². The molecule has 1 aromatic heterocycles. The largest absolute Gasteiger partial charge is 0.492 e. The van der Waals surface area contributed by atoms with Gasteiger partial charge in [-0.2, -0.15) is 0 Å². The van der Waals surface area contributed by atoms with E-state index in [9.17, 15) is 4.79 Å². The molecule has 0 saturated heterocycles. The van der Waals surface area contributed by atoms with E-state index in [-0.39, 0.29) is 5.91 Å². The van der Waals surface area contributed by atoms with Crippen LogP contribution in [0, 0.1) is 13.8 Å². The Morgan fingerprint density at radius 2 is 2.00 bits per heavy atom. The van der Waals surface area contributed by atoms with E-state index in [2.05, 4.69) is 5.32 Å². The van der Waals surface area contributed by atoms with Gasteiger partial charge in [-0.3, -0.25) is 4.79 Å². The highest BCUT2D eigenvalue weighted by atomic mass is 35.5. The smallest absolute Gasteiger partial charge is 0.263 e. The maximum atomic E-state index is 12.4. The number of hydrogen-bond acceptors (Lipinski definition) is 3. The molecule has 0 unspecified atom stereocenters. The number of ether oxygens (including phenoxy) is 1. The lowest BCUT2D eigenvalue weighted by Crippen LogP contribution is -2.27. The van der Waals surface area contributed by atoms with Crippen molar-refractivity contribution < 1.29 is 9.53 Å². The lowest BCUT2D eigenvalue weighted by molar-refractivity contribution is 0.0951. The number of thiophene rings is 1. The zero-order valence-electron chi connectivity index (χ0n) is 13.6. The van der Waals surface area contributed by atoms with Crippen molar-refractivity contribution in [1.29, 1.82) is 0 Å². The molecule has 0 aliphatic rings. The van der Waals surface area contributed by atoms with E-state index in [4.69, 9.17) is 16.3 Å². The Morgan fingerprint density at radius 1 is 1.21 bits per heavy atom. The third-order valence-corrected chi connectivity index (χ3v) is 5.36. The molecule has 1 amide bonds. The maximum absolute atomic E-state index is 12.4. The predicted molar refractivity (Wildman–Crippen MR) is 101 cm³/mol. The second-order valence-corrected chi connectivity index (χ2v) is 7.04. The Balaban J connectivity index is 1.61. The van der Waals surface area contributed by atoms with Crippen LogP contribution in [0.3, 0.4) is 0 Å². The molecule has 24 heavy (non-hydrogen) atoms. The summed E-state index contributed by atoms with van der Waals surface area (Å²) >= 11 is 7.82. The fraction of sp³-hybridized carbons (Fsp3) is 0.211. The number of hydrogen-bond donors (Lipinski definition) is 1. The van der Waals surface area contributed by atoms with Crippen LogP contribution in [0.15, 0.2) is 42.5 Å². The molecule has 124 valence electrons. The molecule has 0 radical (unpaired) electrons. The van der Waals surface area contributed by atoms with E-state index in [0.717, 1.165) is 27.0 Å². The van der Waals surface area contributed by atoms with Gasteiger partial charge in [0.2, 0.25) is 0 Å². The summed E-state index contributed by atoms with van der Waals surface area (Å²) in [5.41, 5.74) is 2.22. The van der Waals surface area contributed by atoms with Crippen LogP contribution in [0.25, 0.3) is 10.1 Å². The van der Waals surface area contributed by atoms with Crippen molar-refractivity contribution in [3.63, 3.8) is 0 Å². The van der Waals surface area contributed by atoms with Crippen molar-refractivity contribution in [2.75, 3.05) is 13.2 Å². The molecule has 3 rings (SSSR count). The van der Waals surface area contributed by atoms with Crippen molar-refractivity contribution in [3.8, 4) is 5.75 Å². The summed E-state index contributed by atoms with van der Waals surface area (Å²) in [6.45, 7) is 4.85. The lowest BCUT2D eigenvalue weighted by atomic mass is 10.1. The van der Waals surface area contributed by atoms with Crippen molar-refractivity contribution in [2.45, 2.75) is 13.8 Å². The number of fused-ring (bicyclic) bond motifs is 1. The fourth-order valence-electron chi connectivity index (χ4n) is 2.54. The van der Waals surface area contributed by atoms with Gasteiger partial charge in [-0.25, -0.2) is 0 Å². The first-order valence-electron chi connectivity index (χ1n) is 7.71. The first-order chi connectivity index (χ1) is 11.6. The van der Waals surface area contributed by atoms with Crippen LogP contribution in [0.1, 0.15) is 20.8 Å². The quantitative estimate of drug-likeness (QED) is 0.652. The van der Waals surface area contributed by atoms with Gasteiger partial charge in [0.1, 0.15) is 17.2 Å². The molecule has 0 fully saturated rings. The van der Waals surface area contributed by atoms with Crippen LogP contribution in [-0.2, 0) is 0 Å². The van der Waals surface area contributed by atoms with Gasteiger partial charge in [0.05, 0.1) is 11.6 Å². The van der Waals surface area contributed by atoms with Crippen molar-refractivity contribution in [1.82, 2.24) is 5.32 Å². The highest BCUT2D eigenvalue weighted by Gasteiger charge is 2.17. The van der Waals surface area contributed by atoms with E-state index in [0.29, 0.717) is 23.1 Å². The molecular weight excluding hydrogens is 342 g/mol. The maximum Gasteiger partial charge on any atom is 0.263 e. The monoisotopic (exact) mass is 359 g/mol. The summed E-state index contributed by atoms with van der Waals surface area (Å²) in [5, 5.41) is 4.36. The Morgan fingerprint density at radius 3 is 2.75 bits per heavy atom. The fourth-order valence-corrected chi connectivity index (χ4v) is 4.14. The molecule has 0 aliphatic carbocycles. The first kappa shape index (κ1) is 16.8. The van der Waals surface area contributed by atoms with Crippen molar-refractivity contribution >= 4 is 38.9 Å². The van der Waals surface area contributed by atoms with Crippen molar-refractivity contribution in [3.05, 3.63) is 63.5 Å². The van der Waals surface area contributed by atoms with Gasteiger partial charge >= 0.3 is 0 Å². The normalized spacial score (nSPS) is 10.8. The number of aryl methyl sites for hydroxylation is 2. The number of carbonyl (C=O) groups is 1. The van der Waals surface area contributed by atoms with Crippen molar-refractivity contribution in [2.24, 2.45) is 0 Å². The third kappa shape index (κ3) is 3.55. The highest BCUT2D eigenvalue weighted by molar-refractivity contribution is 7.21. The molecule has 1 heterocycles. The average Bonchev–Trinajstić information content (AvgIpc) is 2.90. The molecule has 1 N–H and O–H groups in total. The molecule has 0 atom stereocenters. The van der Waals surface area contributed by atoms with Crippen LogP contribution in [0.5, 0.6) is 5.75 Å². The van der Waals surface area contributed by atoms with Crippen LogP contribution in [0.4, 0.5) is 0 Å². The number of nitrogens with one attached hydrogen (secondary N) is 1. The number of benzene rings is 2. The van der Waals surface area contributed by atoms with Gasteiger partial charge in [-0.05, 0) is 43.2 Å². The van der Waals surface area contributed by atoms with Gasteiger partial charge in [-0.1, -0.05) is 35.9 Å². The Labute approximate surface area is 150 Å². The summed E-state index contributed by atoms with van der Waals surface area (Å²) in [5.74, 6) is 0.646. The Bertz CT molecular complexity index is 888. The highest BCUT2D eigenvalue weighted by Crippen LogP contribution is 2.37. The van der Waals surface area contributed by atoms with E-state index < -0.39 is 0 Å². The Kier molecular flexibility index (Phi) is 5.07. The molecule has 0 spiro atoms. The van der Waals surface area contributed by atoms with Gasteiger partial charge in [0.15, 0.2) is 0 Å². The second-order valence-electron chi connectivity index (χ2n) is 5.61. The molecule has 3 aromatic rings. The Hall–Kier alpha value is -2.04. The second kappa shape index (κ2) is 7.24. The topological polar surface area (TPSA) is 38.3 Å². The zero-order valence-corrected chi connectivity index (χ0v) is 15.1. The van der Waals surface area contributed by atoms with E-state index >= 15 is 0 Å². The SMILES string of the molecule is Cc1cccc(OCCNC(=O)c2sc3cccc(C)c3c2Cl)c1. The number of rotatable bonds is 5. The summed E-state index contributed by atoms with van der Waals surface area (Å²) < 4.78 is 6.67. The minimum absolute atomic E-state index is 0.159. The molecule has 3 nitrogen and oxygen atoms in total. The summed E-state index contributed by atoms with van der Waals surface area (Å²) in [7, 11) is 0. The summed E-state index contributed by atoms with van der Waals surface area (Å²) in [6, 6.07) is 13.8. The predicted octanol–water partition coefficient (Wildman–Crippen LogP) is 4.98. The summed E-state index contributed by atoms with van der Waals surface area (Å²) in [6.07, 6.45) is 0. The number of halogens is 1. The van der Waals surface area contributed by atoms with E-state index in [1.165, 1.54) is 11.3 Å². The van der Waals surface area contributed by atoms with Crippen LogP contribution in [0.2, 0.25) is 5.02 Å². The average molecular weight is 360 g/mol. The van der Waals surface area contributed by atoms with Gasteiger partial charge in [0, 0.05) is 10.1 Å². The minimum Gasteiger partial charge on any atom is -0.492 e. The van der Waals surface area contributed by atoms with Crippen LogP contribution >= 0.6 is 22.9 Å². The zero-order chi connectivity index (χ0) is 17.1. The molecule has 2 aromatic carbocycles. The van der Waals surface area contributed by atoms with Crippen LogP contribution < -0.4 is 10.1 Å². The lowest BCUT2D eigenvalue weighted by Gasteiger charge is -2.08. The molecule has 0 aliphatic heterocycles. The molecule has 5 heteroatoms. The number of amides is 1. The third-order valence-electron chi connectivity index (χ3n) is 3.72. The first-order valence-corrected chi connectivity index (χ1v) is 8.91. The van der Waals surface area contributed by atoms with Gasteiger partial charge in [0.25, 0.3) is 5.91 Å². The van der Waals surface area contributed by atoms with Crippen LogP contribution in [-0.4, -0.2) is 19.1 Å². The molecular formula is C19H18ClNO2S. The minimum atomic E-state index is -0.159.